The minimum absolute atomic E-state index is 0.0281. The Hall–Kier alpha value is -2.63. The molecule has 6 heteroatoms. The number of anilines is 1. The second-order valence-electron chi connectivity index (χ2n) is 4.51. The van der Waals surface area contributed by atoms with Crippen molar-refractivity contribution in [3.63, 3.8) is 0 Å². The Morgan fingerprint density at radius 2 is 2.00 bits per heavy atom. The Morgan fingerprint density at radius 3 is 2.60 bits per heavy atom. The summed E-state index contributed by atoms with van der Waals surface area (Å²) in [6.07, 6.45) is 0. The van der Waals surface area contributed by atoms with Crippen LogP contribution in [0.4, 0.5) is 5.82 Å². The predicted octanol–water partition coefficient (Wildman–Crippen LogP) is 1.43. The third-order valence-electron chi connectivity index (χ3n) is 2.72. The number of H-pyrrole nitrogens is 1. The Balaban J connectivity index is 1.92. The fourth-order valence-electron chi connectivity index (χ4n) is 1.75. The lowest BCUT2D eigenvalue weighted by atomic mass is 10.2. The molecule has 0 saturated heterocycles. The van der Waals surface area contributed by atoms with Gasteiger partial charge in [0.05, 0.1) is 6.54 Å². The van der Waals surface area contributed by atoms with Crippen molar-refractivity contribution in [2.24, 2.45) is 0 Å². The zero-order valence-corrected chi connectivity index (χ0v) is 11.4. The van der Waals surface area contributed by atoms with E-state index in [0.717, 1.165) is 5.69 Å². The number of carbonyl (C=O) groups is 2. The van der Waals surface area contributed by atoms with Crippen molar-refractivity contribution in [2.75, 3.05) is 18.9 Å². The van der Waals surface area contributed by atoms with Crippen LogP contribution in [0.15, 0.2) is 36.4 Å². The average Bonchev–Trinajstić information content (AvgIpc) is 2.84. The van der Waals surface area contributed by atoms with Gasteiger partial charge in [0.1, 0.15) is 0 Å². The van der Waals surface area contributed by atoms with E-state index in [9.17, 15) is 9.59 Å². The van der Waals surface area contributed by atoms with Gasteiger partial charge in [0, 0.05) is 24.4 Å². The molecule has 0 aliphatic rings. The second kappa shape index (κ2) is 6.01. The van der Waals surface area contributed by atoms with Crippen LogP contribution < -0.4 is 5.32 Å². The largest absolute Gasteiger partial charge is 0.332 e. The molecule has 0 aliphatic carbocycles. The van der Waals surface area contributed by atoms with E-state index in [1.165, 1.54) is 4.90 Å². The Kier molecular flexibility index (Phi) is 4.14. The first kappa shape index (κ1) is 13.8. The Morgan fingerprint density at radius 1 is 1.30 bits per heavy atom. The number of likely N-dealkylation sites (N-methyl/N-ethyl adjacent to an activating group) is 1. The number of benzene rings is 1. The van der Waals surface area contributed by atoms with Gasteiger partial charge in [-0.2, -0.15) is 5.10 Å². The first-order chi connectivity index (χ1) is 9.56. The number of carbonyl (C=O) groups excluding carboxylic acids is 2. The van der Waals surface area contributed by atoms with E-state index in [-0.39, 0.29) is 18.4 Å². The van der Waals surface area contributed by atoms with E-state index in [0.29, 0.717) is 11.4 Å². The number of aromatic nitrogens is 2. The number of nitrogens with one attached hydrogen (secondary N) is 2. The first-order valence-corrected chi connectivity index (χ1v) is 6.18. The Labute approximate surface area is 116 Å². The molecule has 1 aromatic carbocycles. The van der Waals surface area contributed by atoms with Gasteiger partial charge in [-0.1, -0.05) is 18.2 Å². The maximum absolute atomic E-state index is 12.1. The van der Waals surface area contributed by atoms with Crippen molar-refractivity contribution >= 4 is 17.6 Å². The summed E-state index contributed by atoms with van der Waals surface area (Å²) in [4.78, 5) is 25.2. The van der Waals surface area contributed by atoms with Crippen molar-refractivity contribution in [1.82, 2.24) is 15.1 Å². The van der Waals surface area contributed by atoms with E-state index < -0.39 is 0 Å². The maximum atomic E-state index is 12.1. The molecule has 2 N–H and O–H groups in total. The normalized spacial score (nSPS) is 10.1. The van der Waals surface area contributed by atoms with Crippen LogP contribution in [0.25, 0.3) is 0 Å². The third kappa shape index (κ3) is 3.44. The van der Waals surface area contributed by atoms with E-state index in [1.807, 2.05) is 13.0 Å². The number of hydrogen-bond acceptors (Lipinski definition) is 3. The van der Waals surface area contributed by atoms with Crippen LogP contribution in [0.2, 0.25) is 0 Å². The molecule has 2 rings (SSSR count). The maximum Gasteiger partial charge on any atom is 0.254 e. The molecule has 1 aromatic heterocycles. The summed E-state index contributed by atoms with van der Waals surface area (Å²) in [6, 6.07) is 10.6. The van der Waals surface area contributed by atoms with Gasteiger partial charge in [-0.3, -0.25) is 14.7 Å². The number of nitrogens with zero attached hydrogens (tertiary/aromatic N) is 2. The smallest absolute Gasteiger partial charge is 0.254 e. The van der Waals surface area contributed by atoms with E-state index in [2.05, 4.69) is 15.5 Å². The summed E-state index contributed by atoms with van der Waals surface area (Å²) in [7, 11) is 1.59. The van der Waals surface area contributed by atoms with Crippen LogP contribution >= 0.6 is 0 Å². The standard InChI is InChI=1S/C14H16N4O2/c1-10-8-12(17-16-10)15-13(19)9-18(2)14(20)11-6-4-3-5-7-11/h3-8H,9H2,1-2H3,(H2,15,16,17,19). The number of rotatable bonds is 4. The highest BCUT2D eigenvalue weighted by Gasteiger charge is 2.15. The number of aromatic amines is 1. The van der Waals surface area contributed by atoms with Gasteiger partial charge in [-0.05, 0) is 19.1 Å². The van der Waals surface area contributed by atoms with E-state index in [4.69, 9.17) is 0 Å². The monoisotopic (exact) mass is 272 g/mol. The quantitative estimate of drug-likeness (QED) is 0.883. The summed E-state index contributed by atoms with van der Waals surface area (Å²) in [5, 5.41) is 9.26. The minimum Gasteiger partial charge on any atom is -0.332 e. The van der Waals surface area contributed by atoms with Crippen molar-refractivity contribution in [3.8, 4) is 0 Å². The van der Waals surface area contributed by atoms with Crippen LogP contribution in [-0.4, -0.2) is 40.5 Å². The van der Waals surface area contributed by atoms with E-state index in [1.54, 1.807) is 37.4 Å². The molecule has 0 atom stereocenters. The van der Waals surface area contributed by atoms with Crippen LogP contribution in [0.3, 0.4) is 0 Å². The molecule has 20 heavy (non-hydrogen) atoms. The summed E-state index contributed by atoms with van der Waals surface area (Å²) in [6.45, 7) is 1.81. The molecule has 2 amide bonds. The summed E-state index contributed by atoms with van der Waals surface area (Å²) < 4.78 is 0. The Bertz CT molecular complexity index is 607. The van der Waals surface area contributed by atoms with Crippen molar-refractivity contribution in [2.45, 2.75) is 6.92 Å². The van der Waals surface area contributed by atoms with Gasteiger partial charge >= 0.3 is 0 Å². The van der Waals surface area contributed by atoms with Gasteiger partial charge < -0.3 is 10.2 Å². The zero-order valence-electron chi connectivity index (χ0n) is 11.4. The molecular formula is C14H16N4O2. The van der Waals surface area contributed by atoms with Crippen LogP contribution in [0.1, 0.15) is 16.1 Å². The highest BCUT2D eigenvalue weighted by molar-refractivity contribution is 5.98. The lowest BCUT2D eigenvalue weighted by Crippen LogP contribution is -2.34. The van der Waals surface area contributed by atoms with Gasteiger partial charge in [0.2, 0.25) is 5.91 Å². The molecule has 0 spiro atoms. The van der Waals surface area contributed by atoms with Crippen molar-refractivity contribution in [1.29, 1.82) is 0 Å². The fraction of sp³-hybridized carbons (Fsp3) is 0.214. The number of amides is 2. The lowest BCUT2D eigenvalue weighted by Gasteiger charge is -2.16. The van der Waals surface area contributed by atoms with Crippen LogP contribution in [-0.2, 0) is 4.79 Å². The molecule has 0 aliphatic heterocycles. The fourth-order valence-corrected chi connectivity index (χ4v) is 1.75. The lowest BCUT2D eigenvalue weighted by molar-refractivity contribution is -0.116. The minimum atomic E-state index is -0.289. The molecule has 0 unspecified atom stereocenters. The number of aryl methyl sites for hydroxylation is 1. The highest BCUT2D eigenvalue weighted by Crippen LogP contribution is 2.05. The van der Waals surface area contributed by atoms with Crippen LogP contribution in [0.5, 0.6) is 0 Å². The van der Waals surface area contributed by atoms with E-state index >= 15 is 0 Å². The van der Waals surface area contributed by atoms with Crippen molar-refractivity contribution < 1.29 is 9.59 Å². The zero-order chi connectivity index (χ0) is 14.5. The third-order valence-corrected chi connectivity index (χ3v) is 2.72. The topological polar surface area (TPSA) is 78.1 Å². The number of hydrogen-bond donors (Lipinski definition) is 2. The summed E-state index contributed by atoms with van der Waals surface area (Å²) in [5.74, 6) is -0.0321. The van der Waals surface area contributed by atoms with Crippen molar-refractivity contribution in [3.05, 3.63) is 47.7 Å². The highest BCUT2D eigenvalue weighted by atomic mass is 16.2. The molecule has 104 valence electrons. The molecule has 0 bridgehead atoms. The molecular weight excluding hydrogens is 256 g/mol. The van der Waals surface area contributed by atoms with Gasteiger partial charge in [-0.15, -0.1) is 0 Å². The SMILES string of the molecule is Cc1cc(NC(=O)CN(C)C(=O)c2ccccc2)n[nH]1. The van der Waals surface area contributed by atoms with Gasteiger partial charge in [-0.25, -0.2) is 0 Å². The predicted molar refractivity (Wildman–Crippen MR) is 75.4 cm³/mol. The second-order valence-corrected chi connectivity index (χ2v) is 4.51. The molecule has 0 radical (unpaired) electrons. The van der Waals surface area contributed by atoms with Gasteiger partial charge in [0.15, 0.2) is 5.82 Å². The van der Waals surface area contributed by atoms with Crippen LogP contribution in [0, 0.1) is 6.92 Å². The molecule has 0 fully saturated rings. The molecule has 0 saturated carbocycles. The summed E-state index contributed by atoms with van der Waals surface area (Å²) in [5.41, 5.74) is 1.41. The summed E-state index contributed by atoms with van der Waals surface area (Å²) >= 11 is 0. The first-order valence-electron chi connectivity index (χ1n) is 6.18. The molecule has 1 heterocycles. The molecule has 2 aromatic rings. The average molecular weight is 272 g/mol. The molecule has 6 nitrogen and oxygen atoms in total. The van der Waals surface area contributed by atoms with Gasteiger partial charge in [0.25, 0.3) is 5.91 Å².